The van der Waals surface area contributed by atoms with Gasteiger partial charge in [0.2, 0.25) is 5.91 Å². The standard InChI is InChI=1S/C24H29N5OS/c1-2-19-11-13-20(14-12-19)25-23(30)18-31-24-27-26-22(17-28-15-7-4-8-16-28)29(24)21-9-5-3-6-10-21/h3,5-6,9-14H,2,4,7-8,15-18H2,1H3,(H,25,30). The Kier molecular flexibility index (Phi) is 7.38. The summed E-state index contributed by atoms with van der Waals surface area (Å²) in [6.07, 6.45) is 4.76. The van der Waals surface area contributed by atoms with Crippen molar-refractivity contribution in [1.29, 1.82) is 0 Å². The number of para-hydroxylation sites is 1. The molecule has 1 amide bonds. The molecule has 0 radical (unpaired) electrons. The van der Waals surface area contributed by atoms with E-state index in [1.807, 2.05) is 42.5 Å². The first-order valence-electron chi connectivity index (χ1n) is 11.0. The first-order valence-corrected chi connectivity index (χ1v) is 11.9. The van der Waals surface area contributed by atoms with E-state index in [9.17, 15) is 4.79 Å². The zero-order valence-corrected chi connectivity index (χ0v) is 18.8. The minimum Gasteiger partial charge on any atom is -0.325 e. The first-order chi connectivity index (χ1) is 15.2. The zero-order chi connectivity index (χ0) is 21.5. The van der Waals surface area contributed by atoms with E-state index < -0.39 is 0 Å². The smallest absolute Gasteiger partial charge is 0.234 e. The predicted molar refractivity (Wildman–Crippen MR) is 126 cm³/mol. The number of hydrogen-bond donors (Lipinski definition) is 1. The number of thioether (sulfide) groups is 1. The highest BCUT2D eigenvalue weighted by Gasteiger charge is 2.19. The number of anilines is 1. The molecule has 2 heterocycles. The molecule has 6 nitrogen and oxygen atoms in total. The fraction of sp³-hybridized carbons (Fsp3) is 0.375. The van der Waals surface area contributed by atoms with Gasteiger partial charge in [-0.2, -0.15) is 0 Å². The predicted octanol–water partition coefficient (Wildman–Crippen LogP) is 4.55. The van der Waals surface area contributed by atoms with Crippen molar-refractivity contribution < 1.29 is 4.79 Å². The third-order valence-electron chi connectivity index (χ3n) is 5.51. The van der Waals surface area contributed by atoms with Gasteiger partial charge in [-0.25, -0.2) is 0 Å². The summed E-state index contributed by atoms with van der Waals surface area (Å²) < 4.78 is 2.09. The molecule has 4 rings (SSSR count). The largest absolute Gasteiger partial charge is 0.325 e. The molecule has 7 heteroatoms. The van der Waals surface area contributed by atoms with E-state index in [1.165, 1.54) is 36.6 Å². The summed E-state index contributed by atoms with van der Waals surface area (Å²) in [4.78, 5) is 15.0. The molecule has 0 bridgehead atoms. The van der Waals surface area contributed by atoms with E-state index >= 15 is 0 Å². The summed E-state index contributed by atoms with van der Waals surface area (Å²) in [6, 6.07) is 18.1. The van der Waals surface area contributed by atoms with Gasteiger partial charge in [0.1, 0.15) is 0 Å². The van der Waals surface area contributed by atoms with E-state index in [-0.39, 0.29) is 11.7 Å². The lowest BCUT2D eigenvalue weighted by molar-refractivity contribution is -0.113. The average molecular weight is 436 g/mol. The van der Waals surface area contributed by atoms with Crippen LogP contribution in [0.2, 0.25) is 0 Å². The summed E-state index contributed by atoms with van der Waals surface area (Å²) >= 11 is 1.42. The topological polar surface area (TPSA) is 63.1 Å². The SMILES string of the molecule is CCc1ccc(NC(=O)CSc2nnc(CN3CCCCC3)n2-c2ccccc2)cc1. The third kappa shape index (κ3) is 5.74. The second-order valence-electron chi connectivity index (χ2n) is 7.79. The highest BCUT2D eigenvalue weighted by atomic mass is 32.2. The molecule has 0 atom stereocenters. The molecule has 0 aliphatic carbocycles. The average Bonchev–Trinajstić information content (AvgIpc) is 3.22. The maximum absolute atomic E-state index is 12.5. The van der Waals surface area contributed by atoms with E-state index in [1.54, 1.807) is 0 Å². The molecular formula is C24H29N5OS. The third-order valence-corrected chi connectivity index (χ3v) is 6.44. The molecule has 1 fully saturated rings. The van der Waals surface area contributed by atoms with Crippen molar-refractivity contribution in [1.82, 2.24) is 19.7 Å². The van der Waals surface area contributed by atoms with Crippen LogP contribution in [0.25, 0.3) is 5.69 Å². The van der Waals surface area contributed by atoms with E-state index in [0.717, 1.165) is 48.4 Å². The lowest BCUT2D eigenvalue weighted by Gasteiger charge is -2.26. The lowest BCUT2D eigenvalue weighted by atomic mass is 10.1. The number of rotatable bonds is 8. The van der Waals surface area contributed by atoms with Crippen LogP contribution in [0.5, 0.6) is 0 Å². The number of nitrogens with zero attached hydrogens (tertiary/aromatic N) is 4. The Hall–Kier alpha value is -2.64. The molecule has 0 unspecified atom stereocenters. The second-order valence-corrected chi connectivity index (χ2v) is 8.74. The monoisotopic (exact) mass is 435 g/mol. The van der Waals surface area contributed by atoms with E-state index in [0.29, 0.717) is 0 Å². The Morgan fingerprint density at radius 2 is 1.74 bits per heavy atom. The van der Waals surface area contributed by atoms with Gasteiger partial charge in [0, 0.05) is 11.4 Å². The molecule has 0 saturated carbocycles. The number of aromatic nitrogens is 3. The van der Waals surface area contributed by atoms with Gasteiger partial charge in [-0.1, -0.05) is 55.4 Å². The molecule has 2 aromatic carbocycles. The Morgan fingerprint density at radius 3 is 2.45 bits per heavy atom. The molecule has 31 heavy (non-hydrogen) atoms. The summed E-state index contributed by atoms with van der Waals surface area (Å²) in [6.45, 7) is 5.10. The Morgan fingerprint density at radius 1 is 1.00 bits per heavy atom. The van der Waals surface area contributed by atoms with Crippen LogP contribution in [0.4, 0.5) is 5.69 Å². The molecule has 1 aliphatic heterocycles. The number of benzene rings is 2. The normalized spacial score (nSPS) is 14.5. The minimum atomic E-state index is -0.0468. The fourth-order valence-electron chi connectivity index (χ4n) is 3.80. The molecule has 0 spiro atoms. The van der Waals surface area contributed by atoms with Crippen molar-refractivity contribution in [2.45, 2.75) is 44.3 Å². The molecule has 3 aromatic rings. The number of hydrogen-bond acceptors (Lipinski definition) is 5. The Balaban J connectivity index is 1.46. The van der Waals surface area contributed by atoms with Gasteiger partial charge >= 0.3 is 0 Å². The number of amides is 1. The highest BCUT2D eigenvalue weighted by molar-refractivity contribution is 7.99. The van der Waals surface area contributed by atoms with E-state index in [2.05, 4.69) is 44.0 Å². The minimum absolute atomic E-state index is 0.0468. The van der Waals surface area contributed by atoms with Crippen LogP contribution in [0, 0.1) is 0 Å². The van der Waals surface area contributed by atoms with Crippen LogP contribution in [-0.2, 0) is 17.8 Å². The number of piperidine rings is 1. The number of nitrogens with one attached hydrogen (secondary N) is 1. The Bertz CT molecular complexity index is 981. The van der Waals surface area contributed by atoms with Crippen molar-refractivity contribution >= 4 is 23.4 Å². The van der Waals surface area contributed by atoms with Crippen molar-refractivity contribution in [3.05, 3.63) is 66.0 Å². The van der Waals surface area contributed by atoms with Gasteiger partial charge in [0.05, 0.1) is 12.3 Å². The van der Waals surface area contributed by atoms with Crippen molar-refractivity contribution in [3.8, 4) is 5.69 Å². The van der Waals surface area contributed by atoms with Crippen LogP contribution in [-0.4, -0.2) is 44.4 Å². The summed E-state index contributed by atoms with van der Waals surface area (Å²) in [5, 5.41) is 12.6. The number of carbonyl (C=O) groups excluding carboxylic acids is 1. The molecule has 1 saturated heterocycles. The van der Waals surface area contributed by atoms with Crippen LogP contribution >= 0.6 is 11.8 Å². The van der Waals surface area contributed by atoms with Crippen LogP contribution in [0.15, 0.2) is 59.8 Å². The number of likely N-dealkylation sites (tertiary alicyclic amines) is 1. The number of carbonyl (C=O) groups is 1. The van der Waals surface area contributed by atoms with Crippen LogP contribution < -0.4 is 5.32 Å². The first kappa shape index (κ1) is 21.6. The van der Waals surface area contributed by atoms with Gasteiger partial charge in [0.25, 0.3) is 0 Å². The molecule has 1 aromatic heterocycles. The fourth-order valence-corrected chi connectivity index (χ4v) is 4.57. The van der Waals surface area contributed by atoms with Gasteiger partial charge in [-0.05, 0) is 62.2 Å². The quantitative estimate of drug-likeness (QED) is 0.526. The number of aryl methyl sites for hydroxylation is 1. The van der Waals surface area contributed by atoms with Crippen molar-refractivity contribution in [3.63, 3.8) is 0 Å². The van der Waals surface area contributed by atoms with Gasteiger partial charge in [-0.3, -0.25) is 14.3 Å². The van der Waals surface area contributed by atoms with Gasteiger partial charge in [-0.15, -0.1) is 10.2 Å². The molecular weight excluding hydrogens is 406 g/mol. The van der Waals surface area contributed by atoms with Crippen LogP contribution in [0.1, 0.15) is 37.6 Å². The molecule has 1 aliphatic rings. The van der Waals surface area contributed by atoms with E-state index in [4.69, 9.17) is 0 Å². The second kappa shape index (κ2) is 10.6. The zero-order valence-electron chi connectivity index (χ0n) is 18.0. The summed E-state index contributed by atoms with van der Waals surface area (Å²) in [5.74, 6) is 1.16. The Labute approximate surface area is 188 Å². The van der Waals surface area contributed by atoms with Crippen molar-refractivity contribution in [2.75, 3.05) is 24.2 Å². The maximum atomic E-state index is 12.5. The van der Waals surface area contributed by atoms with Gasteiger partial charge < -0.3 is 5.32 Å². The summed E-state index contributed by atoms with van der Waals surface area (Å²) in [5.41, 5.74) is 3.10. The maximum Gasteiger partial charge on any atom is 0.234 e. The molecule has 1 N–H and O–H groups in total. The summed E-state index contributed by atoms with van der Waals surface area (Å²) in [7, 11) is 0. The lowest BCUT2D eigenvalue weighted by Crippen LogP contribution is -2.30. The van der Waals surface area contributed by atoms with Gasteiger partial charge in [0.15, 0.2) is 11.0 Å². The van der Waals surface area contributed by atoms with Crippen molar-refractivity contribution in [2.24, 2.45) is 0 Å². The highest BCUT2D eigenvalue weighted by Crippen LogP contribution is 2.24. The molecule has 162 valence electrons. The van der Waals surface area contributed by atoms with Crippen LogP contribution in [0.3, 0.4) is 0 Å².